The molecule has 5 nitrogen and oxygen atoms in total. The van der Waals surface area contributed by atoms with Crippen LogP contribution in [0.2, 0.25) is 0 Å². The number of tetrazole rings is 1. The first-order valence-electron chi connectivity index (χ1n) is 7.33. The van der Waals surface area contributed by atoms with E-state index in [0.29, 0.717) is 11.3 Å². The summed E-state index contributed by atoms with van der Waals surface area (Å²) < 4.78 is 58.9. The van der Waals surface area contributed by atoms with Crippen molar-refractivity contribution in [3.63, 3.8) is 0 Å². The molecule has 1 aromatic heterocycles. The molecule has 0 saturated heterocycles. The third-order valence-corrected chi connectivity index (χ3v) is 4.04. The van der Waals surface area contributed by atoms with Crippen LogP contribution in [0.3, 0.4) is 0 Å². The number of hydrogen-bond donors (Lipinski definition) is 1. The zero-order chi connectivity index (χ0) is 17.6. The number of fused-ring (bicyclic) bond motifs is 1. The van der Waals surface area contributed by atoms with E-state index in [1.807, 2.05) is 0 Å². The summed E-state index contributed by atoms with van der Waals surface area (Å²) in [6.45, 7) is 0. The maximum absolute atomic E-state index is 14.8. The molecule has 1 unspecified atom stereocenters. The zero-order valence-electron chi connectivity index (χ0n) is 12.5. The van der Waals surface area contributed by atoms with Gasteiger partial charge in [0.25, 0.3) is 0 Å². The molecular formula is C16H10F4N4O. The number of aromatic amines is 1. The van der Waals surface area contributed by atoms with Crippen molar-refractivity contribution in [2.75, 3.05) is 0 Å². The van der Waals surface area contributed by atoms with E-state index in [1.54, 1.807) is 6.07 Å². The van der Waals surface area contributed by atoms with Gasteiger partial charge in [-0.1, -0.05) is 12.1 Å². The monoisotopic (exact) mass is 350 g/mol. The molecule has 1 aliphatic heterocycles. The highest BCUT2D eigenvalue weighted by atomic mass is 19.4. The number of aromatic nitrogens is 4. The van der Waals surface area contributed by atoms with Gasteiger partial charge < -0.3 is 4.74 Å². The lowest BCUT2D eigenvalue weighted by Crippen LogP contribution is -2.07. The third-order valence-electron chi connectivity index (χ3n) is 4.04. The van der Waals surface area contributed by atoms with Crippen LogP contribution in [0.1, 0.15) is 22.8 Å². The quantitative estimate of drug-likeness (QED) is 0.716. The number of ether oxygens (including phenoxy) is 1. The first kappa shape index (κ1) is 15.6. The number of halogens is 4. The number of alkyl halides is 3. The van der Waals surface area contributed by atoms with Gasteiger partial charge >= 0.3 is 6.18 Å². The minimum Gasteiger partial charge on any atom is -0.485 e. The Morgan fingerprint density at radius 1 is 1.16 bits per heavy atom. The molecule has 9 heteroatoms. The molecule has 0 spiro atoms. The van der Waals surface area contributed by atoms with E-state index in [2.05, 4.69) is 20.6 Å². The highest BCUT2D eigenvalue weighted by Gasteiger charge is 2.34. The van der Waals surface area contributed by atoms with Crippen LogP contribution in [0.15, 0.2) is 36.4 Å². The predicted molar refractivity (Wildman–Crippen MR) is 78.1 cm³/mol. The van der Waals surface area contributed by atoms with E-state index < -0.39 is 23.7 Å². The van der Waals surface area contributed by atoms with Crippen LogP contribution in [0.25, 0.3) is 11.4 Å². The highest BCUT2D eigenvalue weighted by Crippen LogP contribution is 2.41. The van der Waals surface area contributed by atoms with Gasteiger partial charge in [0.15, 0.2) is 5.82 Å². The van der Waals surface area contributed by atoms with Crippen LogP contribution in [0.5, 0.6) is 5.75 Å². The Labute approximate surface area is 138 Å². The summed E-state index contributed by atoms with van der Waals surface area (Å²) in [4.78, 5) is 0. The average Bonchev–Trinajstić information content (AvgIpc) is 3.23. The summed E-state index contributed by atoms with van der Waals surface area (Å²) in [5, 5.41) is 13.0. The number of nitrogens with one attached hydrogen (secondary N) is 1. The molecule has 1 atom stereocenters. The SMILES string of the molecule is Fc1c(-c2nnn[nH]2)cccc1C1Cc2cc(C(F)(F)F)ccc2O1. The molecule has 0 amide bonds. The van der Waals surface area contributed by atoms with Gasteiger partial charge in [0.05, 0.1) is 11.1 Å². The number of hydrogen-bond acceptors (Lipinski definition) is 4. The van der Waals surface area contributed by atoms with Crippen LogP contribution in [-0.2, 0) is 12.6 Å². The van der Waals surface area contributed by atoms with Crippen LogP contribution >= 0.6 is 0 Å². The second kappa shape index (κ2) is 5.54. The molecule has 1 N–H and O–H groups in total. The van der Waals surface area contributed by atoms with E-state index in [4.69, 9.17) is 4.74 Å². The molecule has 4 rings (SSSR count). The topological polar surface area (TPSA) is 63.7 Å². The summed E-state index contributed by atoms with van der Waals surface area (Å²) in [5.74, 6) is -0.0896. The summed E-state index contributed by atoms with van der Waals surface area (Å²) in [6, 6.07) is 7.91. The van der Waals surface area contributed by atoms with Gasteiger partial charge in [-0.2, -0.15) is 13.2 Å². The van der Waals surface area contributed by atoms with Gasteiger partial charge in [0.2, 0.25) is 0 Å². The molecule has 0 saturated carbocycles. The Morgan fingerprint density at radius 2 is 2.00 bits per heavy atom. The van der Waals surface area contributed by atoms with Crippen molar-refractivity contribution in [1.82, 2.24) is 20.6 Å². The van der Waals surface area contributed by atoms with Gasteiger partial charge in [-0.05, 0) is 40.3 Å². The summed E-state index contributed by atoms with van der Waals surface area (Å²) in [7, 11) is 0. The molecule has 0 radical (unpaired) electrons. The summed E-state index contributed by atoms with van der Waals surface area (Å²) >= 11 is 0. The van der Waals surface area contributed by atoms with E-state index >= 15 is 0 Å². The molecule has 1 aliphatic rings. The third kappa shape index (κ3) is 2.71. The fourth-order valence-corrected chi connectivity index (χ4v) is 2.85. The standard InChI is InChI=1S/C16H10F4N4O/c17-14-10(2-1-3-11(14)15-21-23-24-22-15)13-7-8-6-9(16(18,19)20)4-5-12(8)25-13/h1-6,13H,7H2,(H,21,22,23,24). The first-order chi connectivity index (χ1) is 11.9. The van der Waals surface area contributed by atoms with E-state index in [0.717, 1.165) is 12.1 Å². The largest absolute Gasteiger partial charge is 0.485 e. The van der Waals surface area contributed by atoms with Gasteiger partial charge in [0, 0.05) is 12.0 Å². The van der Waals surface area contributed by atoms with Crippen molar-refractivity contribution in [1.29, 1.82) is 0 Å². The lowest BCUT2D eigenvalue weighted by molar-refractivity contribution is -0.137. The Balaban J connectivity index is 1.67. The molecule has 0 aliphatic carbocycles. The first-order valence-corrected chi connectivity index (χ1v) is 7.33. The lowest BCUT2D eigenvalue weighted by atomic mass is 9.99. The van der Waals surface area contributed by atoms with Gasteiger partial charge in [-0.15, -0.1) is 5.10 Å². The fourth-order valence-electron chi connectivity index (χ4n) is 2.85. The fraction of sp³-hybridized carbons (Fsp3) is 0.188. The minimum atomic E-state index is -4.43. The average molecular weight is 350 g/mol. The smallest absolute Gasteiger partial charge is 0.416 e. The van der Waals surface area contributed by atoms with Crippen LogP contribution in [0, 0.1) is 5.82 Å². The van der Waals surface area contributed by atoms with Gasteiger partial charge in [0.1, 0.15) is 17.7 Å². The summed E-state index contributed by atoms with van der Waals surface area (Å²) in [5.41, 5.74) is 0.0418. The van der Waals surface area contributed by atoms with Crippen LogP contribution in [-0.4, -0.2) is 20.6 Å². The molecule has 3 aromatic rings. The molecule has 2 aromatic carbocycles. The molecular weight excluding hydrogens is 340 g/mol. The van der Waals surface area contributed by atoms with Crippen molar-refractivity contribution >= 4 is 0 Å². The minimum absolute atomic E-state index is 0.147. The second-order valence-corrected chi connectivity index (χ2v) is 5.59. The van der Waals surface area contributed by atoms with Crippen LogP contribution < -0.4 is 4.74 Å². The molecule has 0 fully saturated rings. The van der Waals surface area contributed by atoms with Crippen molar-refractivity contribution < 1.29 is 22.3 Å². The summed E-state index contributed by atoms with van der Waals surface area (Å²) in [6.07, 6.45) is -5.00. The van der Waals surface area contributed by atoms with Crippen molar-refractivity contribution in [3.8, 4) is 17.1 Å². The van der Waals surface area contributed by atoms with E-state index in [-0.39, 0.29) is 23.4 Å². The Hall–Kier alpha value is -2.97. The number of rotatable bonds is 2. The van der Waals surface area contributed by atoms with Gasteiger partial charge in [-0.25, -0.2) is 9.49 Å². The second-order valence-electron chi connectivity index (χ2n) is 5.59. The Bertz CT molecular complexity index is 924. The molecule has 2 heterocycles. The van der Waals surface area contributed by atoms with Crippen molar-refractivity contribution in [3.05, 3.63) is 58.9 Å². The highest BCUT2D eigenvalue weighted by molar-refractivity contribution is 5.57. The number of nitrogens with zero attached hydrogens (tertiary/aromatic N) is 3. The zero-order valence-corrected chi connectivity index (χ0v) is 12.5. The number of benzene rings is 2. The van der Waals surface area contributed by atoms with E-state index in [1.165, 1.54) is 18.2 Å². The molecule has 0 bridgehead atoms. The predicted octanol–water partition coefficient (Wildman–Crippen LogP) is 3.70. The maximum Gasteiger partial charge on any atom is 0.416 e. The molecule has 25 heavy (non-hydrogen) atoms. The maximum atomic E-state index is 14.8. The lowest BCUT2D eigenvalue weighted by Gasteiger charge is -2.13. The molecule has 128 valence electrons. The van der Waals surface area contributed by atoms with Crippen molar-refractivity contribution in [2.45, 2.75) is 18.7 Å². The Morgan fingerprint density at radius 3 is 2.72 bits per heavy atom. The Kier molecular flexibility index (Phi) is 3.45. The normalized spacial score (nSPS) is 16.6. The van der Waals surface area contributed by atoms with E-state index in [9.17, 15) is 17.6 Å². The van der Waals surface area contributed by atoms with Crippen LogP contribution in [0.4, 0.5) is 17.6 Å². The van der Waals surface area contributed by atoms with Gasteiger partial charge in [-0.3, -0.25) is 0 Å². The number of H-pyrrole nitrogens is 1. The van der Waals surface area contributed by atoms with Crippen molar-refractivity contribution in [2.24, 2.45) is 0 Å².